The zero-order valence-electron chi connectivity index (χ0n) is 18.7. The Morgan fingerprint density at radius 2 is 1.85 bits per heavy atom. The van der Waals surface area contributed by atoms with Crippen LogP contribution in [0.15, 0.2) is 77.8 Å². The van der Waals surface area contributed by atoms with E-state index in [0.717, 1.165) is 47.6 Å². The summed E-state index contributed by atoms with van der Waals surface area (Å²) in [6.45, 7) is 4.84. The van der Waals surface area contributed by atoms with E-state index in [1.165, 1.54) is 15.8 Å². The Bertz CT molecular complexity index is 1300. The van der Waals surface area contributed by atoms with Gasteiger partial charge in [0.1, 0.15) is 5.00 Å². The molecule has 0 saturated carbocycles. The Kier molecular flexibility index (Phi) is 6.33. The van der Waals surface area contributed by atoms with Gasteiger partial charge in [-0.1, -0.05) is 72.8 Å². The smallest absolute Gasteiger partial charge is 0.341 e. The molecule has 1 aliphatic rings. The minimum absolute atomic E-state index is 0.267. The van der Waals surface area contributed by atoms with Gasteiger partial charge in [-0.3, -0.25) is 4.90 Å². The summed E-state index contributed by atoms with van der Waals surface area (Å²) in [5.74, 6) is -0.267. The van der Waals surface area contributed by atoms with Crippen LogP contribution in [-0.2, 0) is 24.2 Å². The van der Waals surface area contributed by atoms with E-state index >= 15 is 0 Å². The fourth-order valence-corrected chi connectivity index (χ4v) is 5.64. The molecule has 3 aromatic carbocycles. The van der Waals surface area contributed by atoms with Gasteiger partial charge in [0.05, 0.1) is 12.2 Å². The van der Waals surface area contributed by atoms with Crippen molar-refractivity contribution >= 4 is 39.3 Å². The Balaban J connectivity index is 1.47. The predicted octanol–water partition coefficient (Wildman–Crippen LogP) is 6.39. The maximum Gasteiger partial charge on any atom is 0.341 e. The van der Waals surface area contributed by atoms with E-state index in [1.54, 1.807) is 11.3 Å². The maximum absolute atomic E-state index is 12.9. The van der Waals surface area contributed by atoms with Gasteiger partial charge in [0.15, 0.2) is 0 Å². The average molecular weight is 455 g/mol. The molecule has 2 heterocycles. The van der Waals surface area contributed by atoms with Crippen LogP contribution in [0.1, 0.15) is 38.8 Å². The van der Waals surface area contributed by atoms with Crippen LogP contribution in [0.5, 0.6) is 0 Å². The van der Waals surface area contributed by atoms with Crippen molar-refractivity contribution in [2.24, 2.45) is 4.99 Å². The zero-order chi connectivity index (χ0) is 22.6. The SMILES string of the molecule is CCOC(=O)c1c(N=Cc2cccc3ccccc23)sc2c1CCN(Cc1ccccc1)C2. The molecule has 0 bridgehead atoms. The molecule has 0 saturated heterocycles. The van der Waals surface area contributed by atoms with Gasteiger partial charge in [-0.15, -0.1) is 11.3 Å². The molecule has 0 N–H and O–H groups in total. The summed E-state index contributed by atoms with van der Waals surface area (Å²) >= 11 is 1.61. The van der Waals surface area contributed by atoms with E-state index in [0.29, 0.717) is 12.2 Å². The first-order chi connectivity index (χ1) is 16.2. The third-order valence-electron chi connectivity index (χ3n) is 5.99. The number of nitrogens with zero attached hydrogens (tertiary/aromatic N) is 2. The molecule has 1 aliphatic heterocycles. The largest absolute Gasteiger partial charge is 0.462 e. The third kappa shape index (κ3) is 4.61. The third-order valence-corrected chi connectivity index (χ3v) is 7.11. The fourth-order valence-electron chi connectivity index (χ4n) is 4.41. The topological polar surface area (TPSA) is 41.9 Å². The zero-order valence-corrected chi connectivity index (χ0v) is 19.5. The van der Waals surface area contributed by atoms with Crippen molar-refractivity contribution in [2.45, 2.75) is 26.4 Å². The molecule has 0 unspecified atom stereocenters. The monoisotopic (exact) mass is 454 g/mol. The van der Waals surface area contributed by atoms with Crippen molar-refractivity contribution in [1.29, 1.82) is 0 Å². The first kappa shape index (κ1) is 21.6. The molecular formula is C28H26N2O2S. The van der Waals surface area contributed by atoms with E-state index in [-0.39, 0.29) is 5.97 Å². The first-order valence-corrected chi connectivity index (χ1v) is 12.1. The number of rotatable bonds is 6. The van der Waals surface area contributed by atoms with E-state index in [2.05, 4.69) is 53.4 Å². The van der Waals surface area contributed by atoms with Gasteiger partial charge in [-0.25, -0.2) is 9.79 Å². The lowest BCUT2D eigenvalue weighted by molar-refractivity contribution is 0.0526. The second kappa shape index (κ2) is 9.69. The van der Waals surface area contributed by atoms with Crippen molar-refractivity contribution in [1.82, 2.24) is 4.90 Å². The number of esters is 1. The van der Waals surface area contributed by atoms with Crippen LogP contribution in [0.3, 0.4) is 0 Å². The van der Waals surface area contributed by atoms with Crippen LogP contribution >= 0.6 is 11.3 Å². The molecule has 5 heteroatoms. The summed E-state index contributed by atoms with van der Waals surface area (Å²) in [6, 6.07) is 25.0. The number of carbonyl (C=O) groups excluding carboxylic acids is 1. The Morgan fingerprint density at radius 3 is 2.70 bits per heavy atom. The summed E-state index contributed by atoms with van der Waals surface area (Å²) in [5, 5.41) is 3.07. The molecular weight excluding hydrogens is 428 g/mol. The molecule has 0 aliphatic carbocycles. The molecule has 4 nitrogen and oxygen atoms in total. The molecule has 166 valence electrons. The fraction of sp³-hybridized carbons (Fsp3) is 0.214. The normalized spacial score (nSPS) is 14.0. The van der Waals surface area contributed by atoms with Gasteiger partial charge >= 0.3 is 5.97 Å². The van der Waals surface area contributed by atoms with Gasteiger partial charge in [0, 0.05) is 36.3 Å². The molecule has 0 amide bonds. The highest BCUT2D eigenvalue weighted by Crippen LogP contribution is 2.40. The van der Waals surface area contributed by atoms with Gasteiger partial charge in [0.25, 0.3) is 0 Å². The average Bonchev–Trinajstić information content (AvgIpc) is 3.21. The second-order valence-corrected chi connectivity index (χ2v) is 9.26. The second-order valence-electron chi connectivity index (χ2n) is 8.18. The molecule has 33 heavy (non-hydrogen) atoms. The highest BCUT2D eigenvalue weighted by molar-refractivity contribution is 7.16. The lowest BCUT2D eigenvalue weighted by Crippen LogP contribution is -2.29. The quantitative estimate of drug-likeness (QED) is 0.250. The lowest BCUT2D eigenvalue weighted by atomic mass is 10.0. The minimum Gasteiger partial charge on any atom is -0.462 e. The van der Waals surface area contributed by atoms with E-state index < -0.39 is 0 Å². The first-order valence-electron chi connectivity index (χ1n) is 11.3. The van der Waals surface area contributed by atoms with Crippen molar-refractivity contribution in [2.75, 3.05) is 13.2 Å². The standard InChI is InChI=1S/C28H26N2O2S/c1-2-32-28(31)26-24-15-16-30(18-20-9-4-3-5-10-20)19-25(24)33-27(26)29-17-22-13-8-12-21-11-6-7-14-23(21)22/h3-14,17H,2,15-16,18-19H2,1H3. The number of ether oxygens (including phenoxy) is 1. The molecule has 0 atom stereocenters. The number of hydrogen-bond donors (Lipinski definition) is 0. The van der Waals surface area contributed by atoms with Gasteiger partial charge in [-0.2, -0.15) is 0 Å². The summed E-state index contributed by atoms with van der Waals surface area (Å²) in [6.07, 6.45) is 2.71. The molecule has 0 radical (unpaired) electrons. The Labute approximate surface area is 198 Å². The van der Waals surface area contributed by atoms with Gasteiger partial charge < -0.3 is 4.74 Å². The van der Waals surface area contributed by atoms with Crippen molar-refractivity contribution < 1.29 is 9.53 Å². The summed E-state index contributed by atoms with van der Waals surface area (Å²) < 4.78 is 5.42. The highest BCUT2D eigenvalue weighted by atomic mass is 32.1. The number of fused-ring (bicyclic) bond motifs is 2. The van der Waals surface area contributed by atoms with E-state index in [1.807, 2.05) is 37.4 Å². The number of hydrogen-bond acceptors (Lipinski definition) is 5. The van der Waals surface area contributed by atoms with Crippen LogP contribution in [-0.4, -0.2) is 30.2 Å². The van der Waals surface area contributed by atoms with E-state index in [9.17, 15) is 4.79 Å². The Hall–Kier alpha value is -3.28. The molecule has 1 aromatic heterocycles. The summed E-state index contributed by atoms with van der Waals surface area (Å²) in [5.41, 5.74) is 4.10. The van der Waals surface area contributed by atoms with Crippen LogP contribution in [0, 0.1) is 0 Å². The van der Waals surface area contributed by atoms with E-state index in [4.69, 9.17) is 9.73 Å². The van der Waals surface area contributed by atoms with Crippen molar-refractivity contribution in [3.05, 3.63) is 99.9 Å². The van der Waals surface area contributed by atoms with Gasteiger partial charge in [0.2, 0.25) is 0 Å². The molecule has 5 rings (SSSR count). The van der Waals surface area contributed by atoms with Crippen LogP contribution < -0.4 is 0 Å². The number of carbonyl (C=O) groups is 1. The Morgan fingerprint density at radius 1 is 1.06 bits per heavy atom. The molecule has 0 fully saturated rings. The summed E-state index contributed by atoms with van der Waals surface area (Å²) in [4.78, 5) is 21.4. The van der Waals surface area contributed by atoms with Crippen molar-refractivity contribution in [3.63, 3.8) is 0 Å². The number of thiophene rings is 1. The number of benzene rings is 3. The van der Waals surface area contributed by atoms with Crippen molar-refractivity contribution in [3.8, 4) is 0 Å². The van der Waals surface area contributed by atoms with Crippen LogP contribution in [0.4, 0.5) is 5.00 Å². The minimum atomic E-state index is -0.267. The van der Waals surface area contributed by atoms with Crippen LogP contribution in [0.25, 0.3) is 10.8 Å². The molecule has 0 spiro atoms. The number of aliphatic imine (C=N–C) groups is 1. The highest BCUT2D eigenvalue weighted by Gasteiger charge is 2.28. The van der Waals surface area contributed by atoms with Gasteiger partial charge in [-0.05, 0) is 35.2 Å². The molecule has 4 aromatic rings. The lowest BCUT2D eigenvalue weighted by Gasteiger charge is -2.27. The summed E-state index contributed by atoms with van der Waals surface area (Å²) in [7, 11) is 0. The maximum atomic E-state index is 12.9. The van der Waals surface area contributed by atoms with Crippen LogP contribution in [0.2, 0.25) is 0 Å². The predicted molar refractivity (Wildman–Crippen MR) is 136 cm³/mol.